The Balaban J connectivity index is 2.59. The first kappa shape index (κ1) is 15.4. The fraction of sp³-hybridized carbons (Fsp3) is 0.267. The van der Waals surface area contributed by atoms with E-state index in [1.54, 1.807) is 30.3 Å². The third-order valence-corrected chi connectivity index (χ3v) is 3.49. The van der Waals surface area contributed by atoms with Crippen molar-refractivity contribution < 1.29 is 13.2 Å². The molecule has 0 aliphatic rings. The number of alkyl halides is 3. The predicted octanol–water partition coefficient (Wildman–Crippen LogP) is 4.12. The molecule has 0 saturated heterocycles. The van der Waals surface area contributed by atoms with Crippen LogP contribution in [0.5, 0.6) is 0 Å². The molecule has 6 heteroatoms. The number of hydrogen-bond donors (Lipinski definition) is 0. The summed E-state index contributed by atoms with van der Waals surface area (Å²) in [5.41, 5.74) is 2.42. The second-order valence-corrected chi connectivity index (χ2v) is 10.4. The van der Waals surface area contributed by atoms with Crippen molar-refractivity contribution in [3.63, 3.8) is 0 Å². The van der Waals surface area contributed by atoms with Gasteiger partial charge >= 0.3 is 6.18 Å². The molecular formula is C15H15F3N2Si. The molecule has 0 N–H and O–H groups in total. The lowest BCUT2D eigenvalue weighted by Crippen LogP contribution is -2.17. The Morgan fingerprint density at radius 3 is 2.24 bits per heavy atom. The van der Waals surface area contributed by atoms with E-state index in [0.29, 0.717) is 5.69 Å². The number of rotatable bonds is 1. The molecule has 1 aromatic heterocycles. The molecule has 1 heterocycles. The Hall–Kier alpha value is -2.00. The van der Waals surface area contributed by atoms with E-state index in [4.69, 9.17) is 0 Å². The van der Waals surface area contributed by atoms with Crippen LogP contribution in [0.1, 0.15) is 11.3 Å². The third-order valence-electron chi connectivity index (χ3n) is 2.61. The lowest BCUT2D eigenvalue weighted by Gasteiger charge is -2.11. The van der Waals surface area contributed by atoms with Gasteiger partial charge in [-0.15, -0.1) is 5.54 Å². The monoisotopic (exact) mass is 308 g/mol. The summed E-state index contributed by atoms with van der Waals surface area (Å²) >= 11 is 0. The molecule has 2 nitrogen and oxygen atoms in total. The minimum atomic E-state index is -4.50. The van der Waals surface area contributed by atoms with Gasteiger partial charge in [-0.25, -0.2) is 4.68 Å². The fourth-order valence-electron chi connectivity index (χ4n) is 1.73. The van der Waals surface area contributed by atoms with Crippen molar-refractivity contribution in [3.05, 3.63) is 47.8 Å². The molecule has 0 aliphatic carbocycles. The van der Waals surface area contributed by atoms with Crippen molar-refractivity contribution in [2.24, 2.45) is 0 Å². The first-order valence-corrected chi connectivity index (χ1v) is 9.92. The molecule has 1 aromatic carbocycles. The van der Waals surface area contributed by atoms with Crippen LogP contribution in [0.15, 0.2) is 36.5 Å². The van der Waals surface area contributed by atoms with Gasteiger partial charge in [-0.2, -0.15) is 18.3 Å². The number of hydrogen-bond acceptors (Lipinski definition) is 1. The van der Waals surface area contributed by atoms with E-state index in [9.17, 15) is 13.2 Å². The molecular weight excluding hydrogens is 293 g/mol. The molecule has 0 spiro atoms. The molecule has 0 saturated carbocycles. The van der Waals surface area contributed by atoms with E-state index < -0.39 is 19.9 Å². The van der Waals surface area contributed by atoms with E-state index in [0.717, 1.165) is 4.68 Å². The molecule has 0 fully saturated rings. The van der Waals surface area contributed by atoms with Gasteiger partial charge in [-0.3, -0.25) is 0 Å². The van der Waals surface area contributed by atoms with Crippen molar-refractivity contribution in [2.45, 2.75) is 25.8 Å². The molecule has 0 aliphatic heterocycles. The van der Waals surface area contributed by atoms with Crippen LogP contribution in [0.4, 0.5) is 13.2 Å². The molecule has 0 bridgehead atoms. The molecule has 0 radical (unpaired) electrons. The highest BCUT2D eigenvalue weighted by molar-refractivity contribution is 6.83. The van der Waals surface area contributed by atoms with Gasteiger partial charge < -0.3 is 0 Å². The van der Waals surface area contributed by atoms with E-state index >= 15 is 0 Å². The molecule has 2 aromatic rings. The van der Waals surface area contributed by atoms with E-state index in [1.165, 1.54) is 6.20 Å². The summed E-state index contributed by atoms with van der Waals surface area (Å²) in [4.78, 5) is 0. The molecule has 0 amide bonds. The Kier molecular flexibility index (Phi) is 3.96. The van der Waals surface area contributed by atoms with E-state index in [-0.39, 0.29) is 5.56 Å². The average molecular weight is 308 g/mol. The van der Waals surface area contributed by atoms with Gasteiger partial charge in [-0.1, -0.05) is 43.8 Å². The first-order chi connectivity index (χ1) is 9.68. The average Bonchev–Trinajstić information content (AvgIpc) is 2.80. The quantitative estimate of drug-likeness (QED) is 0.572. The minimum Gasteiger partial charge on any atom is -0.227 e. The zero-order chi connectivity index (χ0) is 15.7. The van der Waals surface area contributed by atoms with Crippen molar-refractivity contribution in [2.75, 3.05) is 0 Å². The number of nitrogens with zero attached hydrogens (tertiary/aromatic N) is 2. The molecule has 2 rings (SSSR count). The molecule has 21 heavy (non-hydrogen) atoms. The lowest BCUT2D eigenvalue weighted by molar-refractivity contribution is -0.143. The van der Waals surface area contributed by atoms with Crippen LogP contribution >= 0.6 is 0 Å². The molecule has 0 atom stereocenters. The maximum atomic E-state index is 13.3. The Bertz CT molecular complexity index is 686. The van der Waals surface area contributed by atoms with Crippen molar-refractivity contribution in [3.8, 4) is 17.2 Å². The van der Waals surface area contributed by atoms with Crippen molar-refractivity contribution in [1.82, 2.24) is 9.78 Å². The summed E-state index contributed by atoms with van der Waals surface area (Å²) in [6.07, 6.45) is -3.32. The third kappa shape index (κ3) is 3.76. The number of aromatic nitrogens is 2. The largest absolute Gasteiger partial charge is 0.434 e. The summed E-state index contributed by atoms with van der Waals surface area (Å²) in [7, 11) is -1.76. The zero-order valence-corrected chi connectivity index (χ0v) is 13.0. The number of halogens is 3. The Labute approximate surface area is 122 Å². The maximum absolute atomic E-state index is 13.3. The van der Waals surface area contributed by atoms with Crippen LogP contribution in [-0.2, 0) is 6.18 Å². The van der Waals surface area contributed by atoms with Crippen LogP contribution in [-0.4, -0.2) is 17.9 Å². The van der Waals surface area contributed by atoms with Crippen LogP contribution in [0, 0.1) is 11.5 Å². The van der Waals surface area contributed by atoms with Crippen LogP contribution in [0.25, 0.3) is 5.69 Å². The molecule has 110 valence electrons. The lowest BCUT2D eigenvalue weighted by atomic mass is 10.2. The van der Waals surface area contributed by atoms with Gasteiger partial charge in [0, 0.05) is 0 Å². The smallest absolute Gasteiger partial charge is 0.227 e. The van der Waals surface area contributed by atoms with E-state index in [1.807, 2.05) is 19.6 Å². The van der Waals surface area contributed by atoms with Crippen LogP contribution in [0.2, 0.25) is 19.6 Å². The highest BCUT2D eigenvalue weighted by Crippen LogP contribution is 2.33. The van der Waals surface area contributed by atoms with Crippen LogP contribution < -0.4 is 0 Å². The van der Waals surface area contributed by atoms with Gasteiger partial charge in [0.2, 0.25) is 0 Å². The SMILES string of the molecule is C[Si](C)(C)C#Cc1cnn(-c2ccccc2)c1C(F)(F)F. The van der Waals surface area contributed by atoms with Gasteiger partial charge in [-0.05, 0) is 12.1 Å². The topological polar surface area (TPSA) is 17.8 Å². The minimum absolute atomic E-state index is 0.0752. The fourth-order valence-corrected chi connectivity index (χ4v) is 2.24. The van der Waals surface area contributed by atoms with Crippen LogP contribution in [0.3, 0.4) is 0 Å². The second-order valence-electron chi connectivity index (χ2n) is 5.65. The Morgan fingerprint density at radius 2 is 1.71 bits per heavy atom. The summed E-state index contributed by atoms with van der Waals surface area (Å²) in [6, 6.07) is 8.25. The first-order valence-electron chi connectivity index (χ1n) is 6.42. The number of para-hydroxylation sites is 1. The van der Waals surface area contributed by atoms with Gasteiger partial charge in [0.15, 0.2) is 5.69 Å². The van der Waals surface area contributed by atoms with Gasteiger partial charge in [0.25, 0.3) is 0 Å². The maximum Gasteiger partial charge on any atom is 0.434 e. The predicted molar refractivity (Wildman–Crippen MR) is 78.8 cm³/mol. The van der Waals surface area contributed by atoms with Crippen molar-refractivity contribution >= 4 is 8.07 Å². The summed E-state index contributed by atoms with van der Waals surface area (Å²) in [6.45, 7) is 5.94. The molecule has 0 unspecified atom stereocenters. The normalized spacial score (nSPS) is 11.9. The summed E-state index contributed by atoms with van der Waals surface area (Å²) in [5, 5.41) is 3.86. The van der Waals surface area contributed by atoms with Crippen molar-refractivity contribution in [1.29, 1.82) is 0 Å². The second kappa shape index (κ2) is 5.41. The summed E-state index contributed by atoms with van der Waals surface area (Å²) < 4.78 is 40.9. The highest BCUT2D eigenvalue weighted by atomic mass is 28.3. The van der Waals surface area contributed by atoms with Gasteiger partial charge in [0.05, 0.1) is 17.4 Å². The van der Waals surface area contributed by atoms with Gasteiger partial charge in [0.1, 0.15) is 8.07 Å². The Morgan fingerprint density at radius 1 is 1.10 bits per heavy atom. The zero-order valence-electron chi connectivity index (χ0n) is 12.0. The highest BCUT2D eigenvalue weighted by Gasteiger charge is 2.38. The number of benzene rings is 1. The van der Waals surface area contributed by atoms with E-state index in [2.05, 4.69) is 16.6 Å². The summed E-state index contributed by atoms with van der Waals surface area (Å²) in [5.74, 6) is 2.66. The standard InChI is InChI=1S/C15H15F3N2Si/c1-21(2,3)10-9-12-11-19-20(14(12)15(16,17)18)13-7-5-4-6-8-13/h4-8,11H,1-3H3.